The number of hydrogen-bond acceptors (Lipinski definition) is 4. The van der Waals surface area contributed by atoms with Crippen LogP contribution in [0, 0.1) is 12.8 Å². The predicted molar refractivity (Wildman–Crippen MR) is 69.4 cm³/mol. The van der Waals surface area contributed by atoms with Gasteiger partial charge in [0.05, 0.1) is 23.1 Å². The Hall–Kier alpha value is -1.14. The van der Waals surface area contributed by atoms with Gasteiger partial charge in [-0.1, -0.05) is 11.6 Å². The zero-order valence-electron chi connectivity index (χ0n) is 9.81. The van der Waals surface area contributed by atoms with Gasteiger partial charge in [-0.05, 0) is 25.0 Å². The second-order valence-electron chi connectivity index (χ2n) is 4.38. The van der Waals surface area contributed by atoms with Crippen molar-refractivity contribution in [1.29, 1.82) is 0 Å². The molecule has 1 fully saturated rings. The lowest BCUT2D eigenvalue weighted by Gasteiger charge is -2.12. The molecule has 0 aliphatic carbocycles. The van der Waals surface area contributed by atoms with Crippen molar-refractivity contribution < 1.29 is 13.2 Å². The zero-order chi connectivity index (χ0) is 13.3. The zero-order valence-corrected chi connectivity index (χ0v) is 11.4. The molecule has 2 heterocycles. The van der Waals surface area contributed by atoms with Gasteiger partial charge >= 0.3 is 0 Å². The van der Waals surface area contributed by atoms with Crippen LogP contribution in [0.2, 0.25) is 5.15 Å². The van der Waals surface area contributed by atoms with E-state index < -0.39 is 15.8 Å². The molecule has 0 aromatic carbocycles. The van der Waals surface area contributed by atoms with Crippen LogP contribution in [-0.4, -0.2) is 30.8 Å². The number of aromatic nitrogens is 1. The summed E-state index contributed by atoms with van der Waals surface area (Å²) in [6, 6.07) is 1.73. The standard InChI is InChI=1S/C11H13ClN2O3S/c1-7-2-4-13-10(12)9(7)14-11(15)8-3-5-18(16,17)6-8/h2,4,8H,3,5-6H2,1H3,(H,14,15). The average molecular weight is 289 g/mol. The van der Waals surface area contributed by atoms with Crippen molar-refractivity contribution in [3.05, 3.63) is 23.0 Å². The fourth-order valence-electron chi connectivity index (χ4n) is 1.90. The summed E-state index contributed by atoms with van der Waals surface area (Å²) in [4.78, 5) is 15.8. The van der Waals surface area contributed by atoms with E-state index in [1.165, 1.54) is 0 Å². The Morgan fingerprint density at radius 3 is 2.83 bits per heavy atom. The predicted octanol–water partition coefficient (Wildman–Crippen LogP) is 1.42. The summed E-state index contributed by atoms with van der Waals surface area (Å²) in [5.74, 6) is -0.819. The van der Waals surface area contributed by atoms with Crippen LogP contribution < -0.4 is 5.32 Å². The van der Waals surface area contributed by atoms with Gasteiger partial charge in [0.1, 0.15) is 0 Å². The van der Waals surface area contributed by atoms with Crippen molar-refractivity contribution in [2.45, 2.75) is 13.3 Å². The number of nitrogens with one attached hydrogen (secondary N) is 1. The summed E-state index contributed by atoms with van der Waals surface area (Å²) in [6.07, 6.45) is 1.92. The number of nitrogens with zero attached hydrogens (tertiary/aromatic N) is 1. The minimum absolute atomic E-state index is 0.0742. The lowest BCUT2D eigenvalue weighted by atomic mass is 10.1. The van der Waals surface area contributed by atoms with Crippen LogP contribution in [0.4, 0.5) is 5.69 Å². The molecule has 1 aromatic rings. The molecule has 7 heteroatoms. The number of sulfone groups is 1. The molecule has 1 N–H and O–H groups in total. The quantitative estimate of drug-likeness (QED) is 0.835. The van der Waals surface area contributed by atoms with Gasteiger partial charge in [-0.25, -0.2) is 13.4 Å². The molecule has 1 aliphatic heterocycles. The molecular weight excluding hydrogens is 276 g/mol. The molecule has 0 radical (unpaired) electrons. The molecule has 0 bridgehead atoms. The highest BCUT2D eigenvalue weighted by molar-refractivity contribution is 7.91. The fourth-order valence-corrected chi connectivity index (χ4v) is 3.90. The molecule has 0 spiro atoms. The van der Waals surface area contributed by atoms with Gasteiger partial charge < -0.3 is 5.32 Å². The van der Waals surface area contributed by atoms with Gasteiger partial charge in [0.2, 0.25) is 5.91 Å². The van der Waals surface area contributed by atoms with Crippen LogP contribution in [0.1, 0.15) is 12.0 Å². The molecule has 1 amide bonds. The number of pyridine rings is 1. The van der Waals surface area contributed by atoms with Gasteiger partial charge in [0.15, 0.2) is 15.0 Å². The van der Waals surface area contributed by atoms with E-state index in [9.17, 15) is 13.2 Å². The number of carbonyl (C=O) groups excluding carboxylic acids is 1. The summed E-state index contributed by atoms with van der Waals surface area (Å²) in [7, 11) is -3.06. The molecule has 0 saturated carbocycles. The van der Waals surface area contributed by atoms with Crippen molar-refractivity contribution >= 4 is 33.0 Å². The van der Waals surface area contributed by atoms with Gasteiger partial charge in [0, 0.05) is 6.20 Å². The number of hydrogen-bond donors (Lipinski definition) is 1. The molecule has 5 nitrogen and oxygen atoms in total. The van der Waals surface area contributed by atoms with E-state index in [0.717, 1.165) is 5.56 Å². The van der Waals surface area contributed by atoms with Crippen LogP contribution in [0.5, 0.6) is 0 Å². The summed E-state index contributed by atoms with van der Waals surface area (Å²) in [6.45, 7) is 1.80. The minimum atomic E-state index is -3.06. The number of aryl methyl sites for hydroxylation is 1. The average Bonchev–Trinajstić information content (AvgIpc) is 2.64. The van der Waals surface area contributed by atoms with E-state index in [4.69, 9.17) is 11.6 Å². The number of carbonyl (C=O) groups is 1. The summed E-state index contributed by atoms with van der Waals surface area (Å²) in [5.41, 5.74) is 1.25. The van der Waals surface area contributed by atoms with E-state index in [1.54, 1.807) is 19.2 Å². The smallest absolute Gasteiger partial charge is 0.228 e. The Bertz CT molecular complexity index is 566. The minimum Gasteiger partial charge on any atom is -0.323 e. The van der Waals surface area contributed by atoms with Gasteiger partial charge in [0.25, 0.3) is 0 Å². The van der Waals surface area contributed by atoms with Crippen molar-refractivity contribution in [3.63, 3.8) is 0 Å². The van der Waals surface area contributed by atoms with Crippen molar-refractivity contribution in [2.24, 2.45) is 5.92 Å². The van der Waals surface area contributed by atoms with E-state index in [1.807, 2.05) is 0 Å². The molecule has 1 saturated heterocycles. The maximum absolute atomic E-state index is 11.9. The third-order valence-electron chi connectivity index (χ3n) is 2.96. The maximum Gasteiger partial charge on any atom is 0.228 e. The van der Waals surface area contributed by atoms with Crippen LogP contribution in [0.3, 0.4) is 0 Å². The van der Waals surface area contributed by atoms with Crippen LogP contribution in [0.15, 0.2) is 12.3 Å². The third-order valence-corrected chi connectivity index (χ3v) is 5.02. The summed E-state index contributed by atoms with van der Waals surface area (Å²) < 4.78 is 22.6. The lowest BCUT2D eigenvalue weighted by Crippen LogP contribution is -2.24. The van der Waals surface area contributed by atoms with E-state index in [2.05, 4.69) is 10.3 Å². The molecule has 98 valence electrons. The highest BCUT2D eigenvalue weighted by Gasteiger charge is 2.33. The van der Waals surface area contributed by atoms with E-state index in [0.29, 0.717) is 12.1 Å². The first kappa shape index (κ1) is 13.3. The summed E-state index contributed by atoms with van der Waals surface area (Å²) in [5, 5.41) is 2.87. The highest BCUT2D eigenvalue weighted by Crippen LogP contribution is 2.25. The van der Waals surface area contributed by atoms with Crippen LogP contribution in [-0.2, 0) is 14.6 Å². The fraction of sp³-hybridized carbons (Fsp3) is 0.455. The summed E-state index contributed by atoms with van der Waals surface area (Å²) >= 11 is 5.89. The largest absolute Gasteiger partial charge is 0.323 e. The Kier molecular flexibility index (Phi) is 3.59. The van der Waals surface area contributed by atoms with Gasteiger partial charge in [-0.15, -0.1) is 0 Å². The Labute approximate surface area is 110 Å². The van der Waals surface area contributed by atoms with Crippen molar-refractivity contribution in [2.75, 3.05) is 16.8 Å². The molecule has 2 rings (SSSR count). The van der Waals surface area contributed by atoms with Crippen molar-refractivity contribution in [1.82, 2.24) is 4.98 Å². The first-order valence-electron chi connectivity index (χ1n) is 5.51. The molecule has 1 unspecified atom stereocenters. The Balaban J connectivity index is 2.13. The maximum atomic E-state index is 11.9. The molecule has 1 atom stereocenters. The number of amides is 1. The highest BCUT2D eigenvalue weighted by atomic mass is 35.5. The first-order valence-corrected chi connectivity index (χ1v) is 7.71. The molecular formula is C11H13ClN2O3S. The first-order chi connectivity index (χ1) is 8.39. The van der Waals surface area contributed by atoms with Crippen LogP contribution in [0.25, 0.3) is 0 Å². The van der Waals surface area contributed by atoms with Gasteiger partial charge in [-0.2, -0.15) is 0 Å². The normalized spacial score (nSPS) is 21.8. The number of rotatable bonds is 2. The molecule has 18 heavy (non-hydrogen) atoms. The lowest BCUT2D eigenvalue weighted by molar-refractivity contribution is -0.119. The van der Waals surface area contributed by atoms with E-state index >= 15 is 0 Å². The monoisotopic (exact) mass is 288 g/mol. The second kappa shape index (κ2) is 4.85. The molecule has 1 aromatic heterocycles. The molecule has 1 aliphatic rings. The van der Waals surface area contributed by atoms with E-state index in [-0.39, 0.29) is 22.6 Å². The second-order valence-corrected chi connectivity index (χ2v) is 6.97. The topological polar surface area (TPSA) is 76.1 Å². The Morgan fingerprint density at radius 1 is 1.56 bits per heavy atom. The van der Waals surface area contributed by atoms with Crippen LogP contribution >= 0.6 is 11.6 Å². The Morgan fingerprint density at radius 2 is 2.28 bits per heavy atom. The SMILES string of the molecule is Cc1ccnc(Cl)c1NC(=O)C1CCS(=O)(=O)C1. The third kappa shape index (κ3) is 2.81. The van der Waals surface area contributed by atoms with Gasteiger partial charge in [-0.3, -0.25) is 4.79 Å². The number of anilines is 1. The van der Waals surface area contributed by atoms with Crippen molar-refractivity contribution in [3.8, 4) is 0 Å². The number of halogens is 1.